The number of nitrogens with zero attached hydrogens (tertiary/aromatic N) is 1. The number of piperidine rings is 1. The third-order valence-corrected chi connectivity index (χ3v) is 4.21. The zero-order chi connectivity index (χ0) is 12.9. The lowest BCUT2D eigenvalue weighted by atomic mass is 9.87. The standard InChI is InChI=1S/C13H26N2O2/c1-4-13(5-2,12(16)17)15(6-3)11-7-9-14-10-8-11/h11,14H,4-10H2,1-3H3,(H,16,17). The van der Waals surface area contributed by atoms with E-state index in [4.69, 9.17) is 0 Å². The molecular formula is C13H26N2O2. The summed E-state index contributed by atoms with van der Waals surface area (Å²) in [4.78, 5) is 13.9. The molecule has 1 rings (SSSR count). The Morgan fingerprint density at radius 3 is 2.18 bits per heavy atom. The van der Waals surface area contributed by atoms with Gasteiger partial charge in [-0.25, -0.2) is 0 Å². The van der Waals surface area contributed by atoms with E-state index in [0.29, 0.717) is 18.9 Å². The van der Waals surface area contributed by atoms with E-state index in [1.165, 1.54) is 0 Å². The lowest BCUT2D eigenvalue weighted by molar-refractivity contribution is -0.155. The highest BCUT2D eigenvalue weighted by Crippen LogP contribution is 2.29. The van der Waals surface area contributed by atoms with Gasteiger partial charge in [-0.1, -0.05) is 20.8 Å². The fourth-order valence-electron chi connectivity index (χ4n) is 3.11. The van der Waals surface area contributed by atoms with Crippen LogP contribution in [0, 0.1) is 0 Å². The Kier molecular flexibility index (Phi) is 5.40. The number of likely N-dealkylation sites (N-methyl/N-ethyl adjacent to an activating group) is 1. The molecule has 17 heavy (non-hydrogen) atoms. The molecule has 0 aliphatic carbocycles. The monoisotopic (exact) mass is 242 g/mol. The quantitative estimate of drug-likeness (QED) is 0.744. The molecule has 0 spiro atoms. The number of hydrogen-bond donors (Lipinski definition) is 2. The van der Waals surface area contributed by atoms with Crippen molar-refractivity contribution < 1.29 is 9.90 Å². The normalized spacial score (nSPS) is 18.6. The molecule has 0 aromatic carbocycles. The maximum atomic E-state index is 11.7. The van der Waals surface area contributed by atoms with Crippen molar-refractivity contribution in [2.24, 2.45) is 0 Å². The molecular weight excluding hydrogens is 216 g/mol. The maximum absolute atomic E-state index is 11.7. The number of carbonyl (C=O) groups is 1. The van der Waals surface area contributed by atoms with E-state index in [2.05, 4.69) is 17.1 Å². The second kappa shape index (κ2) is 6.36. The summed E-state index contributed by atoms with van der Waals surface area (Å²) < 4.78 is 0. The number of aliphatic carboxylic acids is 1. The zero-order valence-electron chi connectivity index (χ0n) is 11.3. The van der Waals surface area contributed by atoms with Crippen LogP contribution in [0.5, 0.6) is 0 Å². The molecule has 0 radical (unpaired) electrons. The predicted octanol–water partition coefficient (Wildman–Crippen LogP) is 1.70. The highest BCUT2D eigenvalue weighted by Gasteiger charge is 2.43. The molecule has 4 heteroatoms. The highest BCUT2D eigenvalue weighted by molar-refractivity contribution is 5.78. The molecule has 1 saturated heterocycles. The van der Waals surface area contributed by atoms with Crippen molar-refractivity contribution in [1.29, 1.82) is 0 Å². The molecule has 0 atom stereocenters. The lowest BCUT2D eigenvalue weighted by Gasteiger charge is -2.45. The first-order valence-corrected chi connectivity index (χ1v) is 6.83. The Morgan fingerprint density at radius 2 is 1.82 bits per heavy atom. The topological polar surface area (TPSA) is 52.6 Å². The van der Waals surface area contributed by atoms with Gasteiger partial charge in [0, 0.05) is 6.04 Å². The van der Waals surface area contributed by atoms with Crippen molar-refractivity contribution in [2.45, 2.75) is 58.0 Å². The summed E-state index contributed by atoms with van der Waals surface area (Å²) in [5, 5.41) is 12.9. The van der Waals surface area contributed by atoms with E-state index < -0.39 is 11.5 Å². The van der Waals surface area contributed by atoms with Crippen molar-refractivity contribution in [2.75, 3.05) is 19.6 Å². The largest absolute Gasteiger partial charge is 0.480 e. The first kappa shape index (κ1) is 14.5. The van der Waals surface area contributed by atoms with Crippen molar-refractivity contribution in [3.63, 3.8) is 0 Å². The van der Waals surface area contributed by atoms with Gasteiger partial charge in [-0.15, -0.1) is 0 Å². The van der Waals surface area contributed by atoms with Crippen LogP contribution in [0.3, 0.4) is 0 Å². The second-order valence-electron chi connectivity index (χ2n) is 4.81. The van der Waals surface area contributed by atoms with Crippen molar-refractivity contribution in [3.05, 3.63) is 0 Å². The summed E-state index contributed by atoms with van der Waals surface area (Å²) in [5.74, 6) is -0.664. The third kappa shape index (κ3) is 2.80. The van der Waals surface area contributed by atoms with Crippen LogP contribution in [0.2, 0.25) is 0 Å². The van der Waals surface area contributed by atoms with Crippen LogP contribution in [-0.4, -0.2) is 47.2 Å². The van der Waals surface area contributed by atoms with Crippen LogP contribution in [0.25, 0.3) is 0 Å². The Labute approximate surface area is 104 Å². The fraction of sp³-hybridized carbons (Fsp3) is 0.923. The number of carboxylic acid groups (broad SMARTS) is 1. The van der Waals surface area contributed by atoms with Gasteiger partial charge in [-0.2, -0.15) is 0 Å². The number of rotatable bonds is 6. The minimum absolute atomic E-state index is 0.414. The van der Waals surface area contributed by atoms with Crippen molar-refractivity contribution in [1.82, 2.24) is 10.2 Å². The van der Waals surface area contributed by atoms with Crippen LogP contribution in [0.15, 0.2) is 0 Å². The first-order valence-electron chi connectivity index (χ1n) is 6.83. The highest BCUT2D eigenvalue weighted by atomic mass is 16.4. The molecule has 0 amide bonds. The zero-order valence-corrected chi connectivity index (χ0v) is 11.3. The van der Waals surface area contributed by atoms with Crippen LogP contribution in [-0.2, 0) is 4.79 Å². The third-order valence-electron chi connectivity index (χ3n) is 4.21. The van der Waals surface area contributed by atoms with E-state index in [0.717, 1.165) is 32.5 Å². The smallest absolute Gasteiger partial charge is 0.324 e. The molecule has 0 aromatic heterocycles. The second-order valence-corrected chi connectivity index (χ2v) is 4.81. The van der Waals surface area contributed by atoms with Crippen LogP contribution < -0.4 is 5.32 Å². The molecule has 0 bridgehead atoms. The van der Waals surface area contributed by atoms with Gasteiger partial charge in [0.1, 0.15) is 5.54 Å². The van der Waals surface area contributed by atoms with Crippen LogP contribution in [0.1, 0.15) is 46.5 Å². The van der Waals surface area contributed by atoms with Crippen LogP contribution >= 0.6 is 0 Å². The van der Waals surface area contributed by atoms with E-state index in [-0.39, 0.29) is 0 Å². The molecule has 1 aliphatic heterocycles. The molecule has 2 N–H and O–H groups in total. The van der Waals surface area contributed by atoms with Crippen molar-refractivity contribution >= 4 is 5.97 Å². The minimum Gasteiger partial charge on any atom is -0.480 e. The van der Waals surface area contributed by atoms with Gasteiger partial charge in [-0.05, 0) is 45.3 Å². The Balaban J connectivity index is 2.91. The summed E-state index contributed by atoms with van der Waals surface area (Å²) in [6.07, 6.45) is 3.47. The van der Waals surface area contributed by atoms with E-state index >= 15 is 0 Å². The van der Waals surface area contributed by atoms with Gasteiger partial charge >= 0.3 is 5.97 Å². The van der Waals surface area contributed by atoms with Gasteiger partial charge in [-0.3, -0.25) is 9.69 Å². The van der Waals surface area contributed by atoms with Crippen molar-refractivity contribution in [3.8, 4) is 0 Å². The molecule has 1 fully saturated rings. The van der Waals surface area contributed by atoms with E-state index in [9.17, 15) is 9.90 Å². The van der Waals surface area contributed by atoms with E-state index in [1.54, 1.807) is 0 Å². The summed E-state index contributed by atoms with van der Waals surface area (Å²) in [7, 11) is 0. The van der Waals surface area contributed by atoms with Gasteiger partial charge in [0.25, 0.3) is 0 Å². The molecule has 4 nitrogen and oxygen atoms in total. The average Bonchev–Trinajstić information content (AvgIpc) is 2.36. The van der Waals surface area contributed by atoms with Crippen LogP contribution in [0.4, 0.5) is 0 Å². The fourth-order valence-corrected chi connectivity index (χ4v) is 3.11. The number of carboxylic acids is 1. The predicted molar refractivity (Wildman–Crippen MR) is 69.2 cm³/mol. The molecule has 0 unspecified atom stereocenters. The molecule has 0 aromatic rings. The molecule has 1 heterocycles. The summed E-state index contributed by atoms with van der Waals surface area (Å²) >= 11 is 0. The van der Waals surface area contributed by atoms with Gasteiger partial charge in [0.05, 0.1) is 0 Å². The Morgan fingerprint density at radius 1 is 1.29 bits per heavy atom. The number of nitrogens with one attached hydrogen (secondary N) is 1. The maximum Gasteiger partial charge on any atom is 0.324 e. The molecule has 1 aliphatic rings. The molecule has 0 saturated carbocycles. The van der Waals surface area contributed by atoms with Gasteiger partial charge < -0.3 is 10.4 Å². The van der Waals surface area contributed by atoms with Gasteiger partial charge in [0.2, 0.25) is 0 Å². The summed E-state index contributed by atoms with van der Waals surface area (Å²) in [6.45, 7) is 8.88. The average molecular weight is 242 g/mol. The summed E-state index contributed by atoms with van der Waals surface area (Å²) in [5.41, 5.74) is -0.670. The Hall–Kier alpha value is -0.610. The first-order chi connectivity index (χ1) is 8.12. The molecule has 100 valence electrons. The SMILES string of the molecule is CCN(C1CCNCC1)C(CC)(CC)C(=O)O. The number of hydrogen-bond acceptors (Lipinski definition) is 3. The van der Waals surface area contributed by atoms with E-state index in [1.807, 2.05) is 13.8 Å². The van der Waals surface area contributed by atoms with Gasteiger partial charge in [0.15, 0.2) is 0 Å². The minimum atomic E-state index is -0.670. The summed E-state index contributed by atoms with van der Waals surface area (Å²) in [6, 6.07) is 0.414. The Bertz CT molecular complexity index is 246. The lowest BCUT2D eigenvalue weighted by Crippen LogP contribution is -2.59.